The Morgan fingerprint density at radius 1 is 1.25 bits per heavy atom. The van der Waals surface area contributed by atoms with Crippen molar-refractivity contribution in [1.29, 1.82) is 0 Å². The van der Waals surface area contributed by atoms with E-state index in [9.17, 15) is 9.90 Å². The Kier molecular flexibility index (Phi) is 3.08. The molecule has 0 aliphatic carbocycles. The van der Waals surface area contributed by atoms with Crippen LogP contribution in [0.3, 0.4) is 0 Å². The zero-order valence-corrected chi connectivity index (χ0v) is 11.8. The van der Waals surface area contributed by atoms with E-state index in [0.717, 1.165) is 42.4 Å². The van der Waals surface area contributed by atoms with E-state index < -0.39 is 5.97 Å². The average Bonchev–Trinajstić information content (AvgIpc) is 2.96. The van der Waals surface area contributed by atoms with Crippen LogP contribution in [0.25, 0.3) is 10.9 Å². The van der Waals surface area contributed by atoms with Crippen LogP contribution in [-0.2, 0) is 0 Å². The van der Waals surface area contributed by atoms with Gasteiger partial charge in [-0.15, -0.1) is 0 Å². The standard InChI is InChI=1S/C16H18N2O2/c1-10-5-6-12-9-13(16(19)20)15(17-14(12)11(10)2)18-7-3-4-8-18/h5-6,9H,3-4,7-8H2,1-2H3,(H,19,20). The van der Waals surface area contributed by atoms with Gasteiger partial charge in [0.15, 0.2) is 0 Å². The minimum atomic E-state index is -0.903. The van der Waals surface area contributed by atoms with Gasteiger partial charge in [0, 0.05) is 18.5 Å². The molecular formula is C16H18N2O2. The third kappa shape index (κ3) is 2.01. The van der Waals surface area contributed by atoms with E-state index in [1.807, 2.05) is 19.1 Å². The molecule has 0 radical (unpaired) electrons. The number of hydrogen-bond donors (Lipinski definition) is 1. The summed E-state index contributed by atoms with van der Waals surface area (Å²) < 4.78 is 0. The minimum absolute atomic E-state index is 0.308. The topological polar surface area (TPSA) is 53.4 Å². The Bertz CT molecular complexity index is 688. The lowest BCUT2D eigenvalue weighted by Gasteiger charge is -2.20. The van der Waals surface area contributed by atoms with Crippen LogP contribution >= 0.6 is 0 Å². The molecule has 1 saturated heterocycles. The molecule has 1 aliphatic heterocycles. The summed E-state index contributed by atoms with van der Waals surface area (Å²) in [5, 5.41) is 10.3. The first kappa shape index (κ1) is 12.9. The van der Waals surface area contributed by atoms with Gasteiger partial charge in [0.1, 0.15) is 11.4 Å². The van der Waals surface area contributed by atoms with E-state index in [1.165, 1.54) is 5.56 Å². The summed E-state index contributed by atoms with van der Waals surface area (Å²) in [6, 6.07) is 5.72. The molecule has 104 valence electrons. The summed E-state index contributed by atoms with van der Waals surface area (Å²) >= 11 is 0. The van der Waals surface area contributed by atoms with Crippen molar-refractivity contribution in [3.63, 3.8) is 0 Å². The van der Waals surface area contributed by atoms with Gasteiger partial charge in [0.05, 0.1) is 5.52 Å². The molecule has 3 rings (SSSR count). The van der Waals surface area contributed by atoms with Gasteiger partial charge in [-0.1, -0.05) is 12.1 Å². The van der Waals surface area contributed by atoms with Crippen molar-refractivity contribution in [2.24, 2.45) is 0 Å². The van der Waals surface area contributed by atoms with Crippen molar-refractivity contribution in [1.82, 2.24) is 4.98 Å². The van der Waals surface area contributed by atoms with Crippen molar-refractivity contribution < 1.29 is 9.90 Å². The van der Waals surface area contributed by atoms with Gasteiger partial charge in [-0.25, -0.2) is 9.78 Å². The van der Waals surface area contributed by atoms with E-state index in [0.29, 0.717) is 11.4 Å². The van der Waals surface area contributed by atoms with E-state index in [2.05, 4.69) is 16.8 Å². The fraction of sp³-hybridized carbons (Fsp3) is 0.375. The van der Waals surface area contributed by atoms with Gasteiger partial charge in [0.2, 0.25) is 0 Å². The van der Waals surface area contributed by atoms with Crippen LogP contribution in [0.1, 0.15) is 34.3 Å². The average molecular weight is 270 g/mol. The van der Waals surface area contributed by atoms with Gasteiger partial charge in [-0.05, 0) is 43.9 Å². The van der Waals surface area contributed by atoms with Gasteiger partial charge in [-0.3, -0.25) is 0 Å². The van der Waals surface area contributed by atoms with Gasteiger partial charge in [-0.2, -0.15) is 0 Å². The lowest BCUT2D eigenvalue weighted by molar-refractivity contribution is 0.0697. The van der Waals surface area contributed by atoms with Crippen molar-refractivity contribution in [3.05, 3.63) is 34.9 Å². The molecule has 4 nitrogen and oxygen atoms in total. The third-order valence-electron chi connectivity index (χ3n) is 4.13. The number of aryl methyl sites for hydroxylation is 2. The number of rotatable bonds is 2. The number of aromatic nitrogens is 1. The number of anilines is 1. The van der Waals surface area contributed by atoms with Crippen LogP contribution in [0.15, 0.2) is 18.2 Å². The molecule has 0 saturated carbocycles. The number of hydrogen-bond acceptors (Lipinski definition) is 3. The van der Waals surface area contributed by atoms with Crippen molar-refractivity contribution in [2.45, 2.75) is 26.7 Å². The van der Waals surface area contributed by atoms with Gasteiger partial charge in [0.25, 0.3) is 0 Å². The predicted octanol–water partition coefficient (Wildman–Crippen LogP) is 3.15. The van der Waals surface area contributed by atoms with E-state index in [4.69, 9.17) is 0 Å². The molecule has 20 heavy (non-hydrogen) atoms. The monoisotopic (exact) mass is 270 g/mol. The maximum absolute atomic E-state index is 11.5. The minimum Gasteiger partial charge on any atom is -0.478 e. The molecule has 1 aromatic carbocycles. The Balaban J connectivity index is 2.27. The number of pyridine rings is 1. The van der Waals surface area contributed by atoms with Crippen LogP contribution in [0.4, 0.5) is 5.82 Å². The number of carboxylic acids is 1. The fourth-order valence-electron chi connectivity index (χ4n) is 2.80. The number of benzene rings is 1. The summed E-state index contributed by atoms with van der Waals surface area (Å²) in [5.41, 5.74) is 3.53. The Morgan fingerprint density at radius 2 is 1.95 bits per heavy atom. The SMILES string of the molecule is Cc1ccc2cc(C(=O)O)c(N3CCCC3)nc2c1C. The van der Waals surface area contributed by atoms with Crippen molar-refractivity contribution in [2.75, 3.05) is 18.0 Å². The zero-order valence-electron chi connectivity index (χ0n) is 11.8. The lowest BCUT2D eigenvalue weighted by Crippen LogP contribution is -2.22. The second-order valence-corrected chi connectivity index (χ2v) is 5.44. The summed E-state index contributed by atoms with van der Waals surface area (Å²) in [6.45, 7) is 5.88. The molecular weight excluding hydrogens is 252 g/mol. The van der Waals surface area contributed by atoms with E-state index in [1.54, 1.807) is 6.07 Å². The zero-order chi connectivity index (χ0) is 14.3. The highest BCUT2D eigenvalue weighted by atomic mass is 16.4. The highest BCUT2D eigenvalue weighted by Crippen LogP contribution is 2.29. The maximum atomic E-state index is 11.5. The second kappa shape index (κ2) is 4.78. The molecule has 0 amide bonds. The number of carbonyl (C=O) groups is 1. The van der Waals surface area contributed by atoms with Crippen molar-refractivity contribution >= 4 is 22.7 Å². The van der Waals surface area contributed by atoms with Crippen LogP contribution in [0.5, 0.6) is 0 Å². The number of aromatic carboxylic acids is 1. The lowest BCUT2D eigenvalue weighted by atomic mass is 10.0. The van der Waals surface area contributed by atoms with E-state index in [-0.39, 0.29) is 0 Å². The highest BCUT2D eigenvalue weighted by Gasteiger charge is 2.22. The normalized spacial score (nSPS) is 15.0. The van der Waals surface area contributed by atoms with Crippen LogP contribution in [0, 0.1) is 13.8 Å². The summed E-state index contributed by atoms with van der Waals surface area (Å²) in [4.78, 5) is 18.3. The molecule has 1 N–H and O–H groups in total. The first-order chi connectivity index (χ1) is 9.58. The molecule has 0 bridgehead atoms. The maximum Gasteiger partial charge on any atom is 0.339 e. The molecule has 1 aromatic heterocycles. The smallest absolute Gasteiger partial charge is 0.339 e. The summed E-state index contributed by atoms with van der Waals surface area (Å²) in [5.74, 6) is -0.282. The Hall–Kier alpha value is -2.10. The van der Waals surface area contributed by atoms with Gasteiger partial charge >= 0.3 is 5.97 Å². The molecule has 2 aromatic rings. The summed E-state index contributed by atoms with van der Waals surface area (Å²) in [7, 11) is 0. The highest BCUT2D eigenvalue weighted by molar-refractivity contribution is 5.99. The molecule has 2 heterocycles. The second-order valence-electron chi connectivity index (χ2n) is 5.44. The first-order valence-corrected chi connectivity index (χ1v) is 6.97. The molecule has 0 unspecified atom stereocenters. The molecule has 1 aliphatic rings. The largest absolute Gasteiger partial charge is 0.478 e. The third-order valence-corrected chi connectivity index (χ3v) is 4.13. The van der Waals surface area contributed by atoms with Crippen LogP contribution < -0.4 is 4.90 Å². The van der Waals surface area contributed by atoms with E-state index >= 15 is 0 Å². The Morgan fingerprint density at radius 3 is 2.60 bits per heavy atom. The number of fused-ring (bicyclic) bond motifs is 1. The molecule has 1 fully saturated rings. The Labute approximate surface area is 118 Å². The summed E-state index contributed by atoms with van der Waals surface area (Å²) in [6.07, 6.45) is 2.21. The fourth-order valence-corrected chi connectivity index (χ4v) is 2.80. The first-order valence-electron chi connectivity index (χ1n) is 6.97. The number of nitrogens with zero attached hydrogens (tertiary/aromatic N) is 2. The van der Waals surface area contributed by atoms with Crippen molar-refractivity contribution in [3.8, 4) is 0 Å². The molecule has 4 heteroatoms. The molecule has 0 spiro atoms. The number of carboxylic acid groups (broad SMARTS) is 1. The van der Waals surface area contributed by atoms with Crippen LogP contribution in [-0.4, -0.2) is 29.1 Å². The predicted molar refractivity (Wildman–Crippen MR) is 79.6 cm³/mol. The van der Waals surface area contributed by atoms with Crippen LogP contribution in [0.2, 0.25) is 0 Å². The molecule has 0 atom stereocenters. The quantitative estimate of drug-likeness (QED) is 0.910. The van der Waals surface area contributed by atoms with Gasteiger partial charge < -0.3 is 10.0 Å².